The molecule has 0 aliphatic rings. The number of nitrogens with zero attached hydrogens (tertiary/aromatic N) is 2. The lowest BCUT2D eigenvalue weighted by molar-refractivity contribution is -0.131. The predicted octanol–water partition coefficient (Wildman–Crippen LogP) is 3.32. The van der Waals surface area contributed by atoms with Gasteiger partial charge in [-0.3, -0.25) is 9.36 Å². The lowest BCUT2D eigenvalue weighted by Gasteiger charge is -2.13. The molecule has 2 aromatic carbocycles. The number of aliphatic carboxylic acids is 1. The van der Waals surface area contributed by atoms with Crippen LogP contribution in [0.5, 0.6) is 0 Å². The summed E-state index contributed by atoms with van der Waals surface area (Å²) < 4.78 is 28.7. The van der Waals surface area contributed by atoms with Crippen LogP contribution < -0.4 is 5.56 Å². The first-order valence-corrected chi connectivity index (χ1v) is 7.83. The number of aryl methyl sites for hydroxylation is 1. The van der Waals surface area contributed by atoms with Crippen molar-refractivity contribution < 1.29 is 18.7 Å². The van der Waals surface area contributed by atoms with Crippen molar-refractivity contribution in [2.75, 3.05) is 0 Å². The molecule has 3 aromatic rings. The van der Waals surface area contributed by atoms with Crippen molar-refractivity contribution in [1.82, 2.24) is 9.55 Å². The van der Waals surface area contributed by atoms with Gasteiger partial charge in [0, 0.05) is 24.1 Å². The van der Waals surface area contributed by atoms with Crippen molar-refractivity contribution in [2.24, 2.45) is 0 Å². The standard InChI is InChI=1S/C19H14F2N2O3/c1-2-17-22-16-10-15(21)11(3-8-18(24)25)9-14(16)19(26)23(17)13-6-4-12(20)5-7-13/h3-10H,2H2,1H3,(H,24,25). The second-order valence-electron chi connectivity index (χ2n) is 5.56. The first-order chi connectivity index (χ1) is 12.4. The molecule has 26 heavy (non-hydrogen) atoms. The van der Waals surface area contributed by atoms with E-state index in [2.05, 4.69) is 4.98 Å². The zero-order chi connectivity index (χ0) is 18.8. The second kappa shape index (κ2) is 6.87. The van der Waals surface area contributed by atoms with Crippen molar-refractivity contribution in [2.45, 2.75) is 13.3 Å². The molecule has 0 saturated carbocycles. The van der Waals surface area contributed by atoms with Crippen LogP contribution in [0.4, 0.5) is 8.78 Å². The van der Waals surface area contributed by atoms with Gasteiger partial charge in [0.15, 0.2) is 0 Å². The van der Waals surface area contributed by atoms with E-state index in [-0.39, 0.29) is 16.5 Å². The van der Waals surface area contributed by atoms with Crippen LogP contribution in [0, 0.1) is 11.6 Å². The van der Waals surface area contributed by atoms with Gasteiger partial charge in [0.1, 0.15) is 17.5 Å². The van der Waals surface area contributed by atoms with Gasteiger partial charge < -0.3 is 5.11 Å². The van der Waals surface area contributed by atoms with Crippen molar-refractivity contribution in [3.8, 4) is 5.69 Å². The summed E-state index contributed by atoms with van der Waals surface area (Å²) in [6.45, 7) is 1.80. The molecule has 0 atom stereocenters. The van der Waals surface area contributed by atoms with Gasteiger partial charge in [0.05, 0.1) is 16.6 Å². The average Bonchev–Trinajstić information content (AvgIpc) is 2.61. The average molecular weight is 356 g/mol. The summed E-state index contributed by atoms with van der Waals surface area (Å²) in [5, 5.41) is 8.84. The SMILES string of the molecule is CCc1nc2cc(F)c(C=CC(=O)O)cc2c(=O)n1-c1ccc(F)cc1. The van der Waals surface area contributed by atoms with Crippen LogP contribution in [0.1, 0.15) is 18.3 Å². The molecule has 1 heterocycles. The maximum absolute atomic E-state index is 14.2. The molecule has 0 radical (unpaired) electrons. The molecule has 0 unspecified atom stereocenters. The number of hydrogen-bond donors (Lipinski definition) is 1. The zero-order valence-corrected chi connectivity index (χ0v) is 13.7. The van der Waals surface area contributed by atoms with E-state index in [4.69, 9.17) is 5.11 Å². The third-order valence-corrected chi connectivity index (χ3v) is 3.86. The fourth-order valence-electron chi connectivity index (χ4n) is 2.65. The lowest BCUT2D eigenvalue weighted by atomic mass is 10.1. The molecule has 1 N–H and O–H groups in total. The molecule has 7 heteroatoms. The van der Waals surface area contributed by atoms with E-state index in [0.29, 0.717) is 17.9 Å². The Kier molecular flexibility index (Phi) is 4.62. The molecule has 5 nitrogen and oxygen atoms in total. The van der Waals surface area contributed by atoms with Gasteiger partial charge in [-0.05, 0) is 36.4 Å². The smallest absolute Gasteiger partial charge is 0.328 e. The summed E-state index contributed by atoms with van der Waals surface area (Å²) in [6.07, 6.45) is 2.27. The number of rotatable bonds is 4. The van der Waals surface area contributed by atoms with Gasteiger partial charge in [-0.1, -0.05) is 6.92 Å². The highest BCUT2D eigenvalue weighted by Gasteiger charge is 2.14. The molecular weight excluding hydrogens is 342 g/mol. The minimum Gasteiger partial charge on any atom is -0.478 e. The molecule has 0 aliphatic carbocycles. The monoisotopic (exact) mass is 356 g/mol. The third-order valence-electron chi connectivity index (χ3n) is 3.86. The summed E-state index contributed by atoms with van der Waals surface area (Å²) in [5.74, 6) is -1.93. The van der Waals surface area contributed by atoms with Crippen molar-refractivity contribution in [3.63, 3.8) is 0 Å². The van der Waals surface area contributed by atoms with E-state index in [9.17, 15) is 18.4 Å². The number of carboxylic acids is 1. The first-order valence-electron chi connectivity index (χ1n) is 7.83. The van der Waals surface area contributed by atoms with Crippen LogP contribution in [0.3, 0.4) is 0 Å². The van der Waals surface area contributed by atoms with Gasteiger partial charge in [0.25, 0.3) is 5.56 Å². The molecular formula is C19H14F2N2O3. The quantitative estimate of drug-likeness (QED) is 0.728. The van der Waals surface area contributed by atoms with Gasteiger partial charge in [0.2, 0.25) is 0 Å². The van der Waals surface area contributed by atoms with Crippen LogP contribution in [-0.4, -0.2) is 20.6 Å². The molecule has 0 saturated heterocycles. The van der Waals surface area contributed by atoms with Crippen LogP contribution in [-0.2, 0) is 11.2 Å². The lowest BCUT2D eigenvalue weighted by Crippen LogP contribution is -2.23. The fourth-order valence-corrected chi connectivity index (χ4v) is 2.65. The molecule has 0 bridgehead atoms. The summed E-state index contributed by atoms with van der Waals surface area (Å²) >= 11 is 0. The Morgan fingerprint density at radius 2 is 1.92 bits per heavy atom. The molecule has 3 rings (SSSR count). The number of carboxylic acid groups (broad SMARTS) is 1. The topological polar surface area (TPSA) is 72.2 Å². The maximum atomic E-state index is 14.2. The van der Waals surface area contributed by atoms with Gasteiger partial charge >= 0.3 is 5.97 Å². The molecule has 0 fully saturated rings. The van der Waals surface area contributed by atoms with E-state index in [0.717, 1.165) is 18.2 Å². The highest BCUT2D eigenvalue weighted by Crippen LogP contribution is 2.19. The van der Waals surface area contributed by atoms with E-state index in [1.165, 1.54) is 34.9 Å². The Labute approximate surface area is 146 Å². The first kappa shape index (κ1) is 17.5. The van der Waals surface area contributed by atoms with E-state index in [1.807, 2.05) is 0 Å². The maximum Gasteiger partial charge on any atom is 0.328 e. The van der Waals surface area contributed by atoms with Crippen molar-refractivity contribution in [1.29, 1.82) is 0 Å². The Hall–Kier alpha value is -3.35. The molecule has 0 spiro atoms. The number of benzene rings is 2. The highest BCUT2D eigenvalue weighted by molar-refractivity contribution is 5.87. The minimum atomic E-state index is -1.23. The summed E-state index contributed by atoms with van der Waals surface area (Å²) in [7, 11) is 0. The van der Waals surface area contributed by atoms with Crippen LogP contribution in [0.25, 0.3) is 22.7 Å². The van der Waals surface area contributed by atoms with Gasteiger partial charge in [-0.25, -0.2) is 18.6 Å². The Balaban J connectivity index is 2.30. The zero-order valence-electron chi connectivity index (χ0n) is 13.7. The second-order valence-corrected chi connectivity index (χ2v) is 5.56. The predicted molar refractivity (Wildman–Crippen MR) is 93.3 cm³/mol. The van der Waals surface area contributed by atoms with Crippen molar-refractivity contribution >= 4 is 22.9 Å². The summed E-state index contributed by atoms with van der Waals surface area (Å²) in [6, 6.07) is 7.75. The summed E-state index contributed by atoms with van der Waals surface area (Å²) in [4.78, 5) is 27.9. The van der Waals surface area contributed by atoms with E-state index >= 15 is 0 Å². The van der Waals surface area contributed by atoms with E-state index in [1.54, 1.807) is 6.92 Å². The largest absolute Gasteiger partial charge is 0.478 e. The Bertz CT molecular complexity index is 1090. The van der Waals surface area contributed by atoms with Gasteiger partial charge in [-0.2, -0.15) is 0 Å². The molecule has 132 valence electrons. The summed E-state index contributed by atoms with van der Waals surface area (Å²) in [5.41, 5.74) is 0.141. The van der Waals surface area contributed by atoms with Crippen LogP contribution in [0.15, 0.2) is 47.3 Å². The van der Waals surface area contributed by atoms with Crippen LogP contribution in [0.2, 0.25) is 0 Å². The Morgan fingerprint density at radius 1 is 1.23 bits per heavy atom. The number of aromatic nitrogens is 2. The third kappa shape index (κ3) is 3.23. The van der Waals surface area contributed by atoms with Gasteiger partial charge in [-0.15, -0.1) is 0 Å². The number of fused-ring (bicyclic) bond motifs is 1. The Morgan fingerprint density at radius 3 is 2.54 bits per heavy atom. The highest BCUT2D eigenvalue weighted by atomic mass is 19.1. The number of hydrogen-bond acceptors (Lipinski definition) is 3. The molecule has 1 aromatic heterocycles. The minimum absolute atomic E-state index is 0.0336. The molecule has 0 aliphatic heterocycles. The van der Waals surface area contributed by atoms with E-state index < -0.39 is 23.2 Å². The van der Waals surface area contributed by atoms with Crippen molar-refractivity contribution in [3.05, 3.63) is 75.9 Å². The fraction of sp³-hybridized carbons (Fsp3) is 0.105. The molecule has 0 amide bonds. The number of carbonyl (C=O) groups is 1. The number of halogens is 2. The normalized spacial score (nSPS) is 11.3. The van der Waals surface area contributed by atoms with Crippen LogP contribution >= 0.6 is 0 Å².